The van der Waals surface area contributed by atoms with Crippen LogP contribution >= 0.6 is 23.2 Å². The van der Waals surface area contributed by atoms with Gasteiger partial charge < -0.3 is 15.4 Å². The second-order valence-electron chi connectivity index (χ2n) is 4.91. The Labute approximate surface area is 152 Å². The molecule has 132 valence electrons. The maximum Gasteiger partial charge on any atom is 0.287 e. The third-order valence-electron chi connectivity index (χ3n) is 3.03. The molecule has 0 aliphatic carbocycles. The molecule has 0 spiro atoms. The van der Waals surface area contributed by atoms with Gasteiger partial charge in [0.25, 0.3) is 5.56 Å². The van der Waals surface area contributed by atoms with Crippen molar-refractivity contribution in [3.05, 3.63) is 44.8 Å². The second-order valence-corrected chi connectivity index (χ2v) is 5.70. The maximum atomic E-state index is 12.2. The Morgan fingerprint density at radius 1 is 1.28 bits per heavy atom. The first-order valence-electron chi connectivity index (χ1n) is 6.98. The van der Waals surface area contributed by atoms with Crippen LogP contribution < -0.4 is 20.9 Å². The third-order valence-corrected chi connectivity index (χ3v) is 3.78. The Balaban J connectivity index is 2.21. The van der Waals surface area contributed by atoms with Crippen LogP contribution in [-0.2, 0) is 16.1 Å². The smallest absolute Gasteiger partial charge is 0.287 e. The molecule has 0 atom stereocenters. The standard InChI is InChI=1S/C15H14Cl2N4O4/c1-8(22)19-9-3-4-12(25-2)11(5-9)20-13(23)7-21-15(24)14(17)10(16)6-18-21/h3-6H,7H2,1-2H3,(H,19,22)(H,20,23). The summed E-state index contributed by atoms with van der Waals surface area (Å²) in [5.41, 5.74) is 0.128. The van der Waals surface area contributed by atoms with Gasteiger partial charge in [-0.3, -0.25) is 14.4 Å². The van der Waals surface area contributed by atoms with Crippen LogP contribution in [0.2, 0.25) is 10.0 Å². The number of benzene rings is 1. The summed E-state index contributed by atoms with van der Waals surface area (Å²) in [7, 11) is 1.44. The van der Waals surface area contributed by atoms with Gasteiger partial charge in [0.05, 0.1) is 24.0 Å². The van der Waals surface area contributed by atoms with Crippen LogP contribution in [0.15, 0.2) is 29.2 Å². The fraction of sp³-hybridized carbons (Fsp3) is 0.200. The molecular weight excluding hydrogens is 371 g/mol. The summed E-state index contributed by atoms with van der Waals surface area (Å²) in [5, 5.41) is 8.74. The Hall–Kier alpha value is -2.58. The van der Waals surface area contributed by atoms with Crippen molar-refractivity contribution in [2.24, 2.45) is 0 Å². The number of hydrogen-bond donors (Lipinski definition) is 2. The van der Waals surface area contributed by atoms with Gasteiger partial charge in [-0.2, -0.15) is 5.10 Å². The van der Waals surface area contributed by atoms with Crippen LogP contribution in [0.3, 0.4) is 0 Å². The quantitative estimate of drug-likeness (QED) is 0.821. The highest BCUT2D eigenvalue weighted by Crippen LogP contribution is 2.27. The SMILES string of the molecule is COc1ccc(NC(C)=O)cc1NC(=O)Cn1ncc(Cl)c(Cl)c1=O. The average Bonchev–Trinajstić information content (AvgIpc) is 2.55. The number of nitrogens with zero attached hydrogens (tertiary/aromatic N) is 2. The number of rotatable bonds is 5. The number of nitrogens with one attached hydrogen (secondary N) is 2. The van der Waals surface area contributed by atoms with Crippen LogP contribution in [0.4, 0.5) is 11.4 Å². The van der Waals surface area contributed by atoms with Gasteiger partial charge in [0.15, 0.2) is 0 Å². The number of carbonyl (C=O) groups is 2. The van der Waals surface area contributed by atoms with E-state index in [1.54, 1.807) is 12.1 Å². The van der Waals surface area contributed by atoms with Gasteiger partial charge in [0.1, 0.15) is 17.3 Å². The van der Waals surface area contributed by atoms with Crippen molar-refractivity contribution in [2.75, 3.05) is 17.7 Å². The fourth-order valence-electron chi connectivity index (χ4n) is 1.97. The number of carbonyl (C=O) groups excluding carboxylic acids is 2. The molecule has 2 amide bonds. The molecule has 0 unspecified atom stereocenters. The Bertz CT molecular complexity index is 882. The van der Waals surface area contributed by atoms with Gasteiger partial charge in [0, 0.05) is 12.6 Å². The maximum absolute atomic E-state index is 12.2. The number of hydrogen-bond acceptors (Lipinski definition) is 5. The molecule has 0 aliphatic heterocycles. The van der Waals surface area contributed by atoms with Gasteiger partial charge >= 0.3 is 0 Å². The van der Waals surface area contributed by atoms with Gasteiger partial charge in [0.2, 0.25) is 11.8 Å². The Kier molecular flexibility index (Phi) is 6.00. The van der Waals surface area contributed by atoms with Crippen molar-refractivity contribution < 1.29 is 14.3 Å². The molecule has 2 N–H and O–H groups in total. The van der Waals surface area contributed by atoms with E-state index in [-0.39, 0.29) is 22.5 Å². The Morgan fingerprint density at radius 2 is 2.00 bits per heavy atom. The third kappa shape index (κ3) is 4.71. The summed E-state index contributed by atoms with van der Waals surface area (Å²) in [6.07, 6.45) is 1.18. The zero-order valence-corrected chi connectivity index (χ0v) is 14.8. The summed E-state index contributed by atoms with van der Waals surface area (Å²) in [6.45, 7) is 0.994. The lowest BCUT2D eigenvalue weighted by Gasteiger charge is -2.13. The van der Waals surface area contributed by atoms with Crippen molar-refractivity contribution in [3.8, 4) is 5.75 Å². The summed E-state index contributed by atoms with van der Waals surface area (Å²) in [6, 6.07) is 4.74. The van der Waals surface area contributed by atoms with Crippen molar-refractivity contribution in [2.45, 2.75) is 13.5 Å². The lowest BCUT2D eigenvalue weighted by Crippen LogP contribution is -2.30. The fourth-order valence-corrected chi connectivity index (χ4v) is 2.24. The van der Waals surface area contributed by atoms with Crippen molar-refractivity contribution in [1.29, 1.82) is 0 Å². The van der Waals surface area contributed by atoms with E-state index in [1.807, 2.05) is 0 Å². The van der Waals surface area contributed by atoms with E-state index in [0.717, 1.165) is 4.68 Å². The van der Waals surface area contributed by atoms with Crippen LogP contribution in [-0.4, -0.2) is 28.7 Å². The lowest BCUT2D eigenvalue weighted by molar-refractivity contribution is -0.117. The largest absolute Gasteiger partial charge is 0.495 e. The van der Waals surface area contributed by atoms with Crippen molar-refractivity contribution in [1.82, 2.24) is 9.78 Å². The molecule has 0 fully saturated rings. The van der Waals surface area contributed by atoms with Gasteiger partial charge in [-0.15, -0.1) is 0 Å². The number of methoxy groups -OCH3 is 1. The average molecular weight is 385 g/mol. The highest BCUT2D eigenvalue weighted by Gasteiger charge is 2.13. The molecule has 25 heavy (non-hydrogen) atoms. The molecule has 2 rings (SSSR count). The van der Waals surface area contributed by atoms with Crippen molar-refractivity contribution >= 4 is 46.4 Å². The van der Waals surface area contributed by atoms with Crippen LogP contribution in [0, 0.1) is 0 Å². The van der Waals surface area contributed by atoms with Crippen LogP contribution in [0.5, 0.6) is 5.75 Å². The van der Waals surface area contributed by atoms with Gasteiger partial charge in [-0.1, -0.05) is 23.2 Å². The molecule has 8 nitrogen and oxygen atoms in total. The van der Waals surface area contributed by atoms with E-state index in [4.69, 9.17) is 27.9 Å². The monoisotopic (exact) mass is 384 g/mol. The molecule has 10 heteroatoms. The lowest BCUT2D eigenvalue weighted by atomic mass is 10.2. The topological polar surface area (TPSA) is 102 Å². The predicted molar refractivity (Wildman–Crippen MR) is 94.4 cm³/mol. The molecular formula is C15H14Cl2N4O4. The number of amides is 2. The minimum Gasteiger partial charge on any atom is -0.495 e. The zero-order valence-electron chi connectivity index (χ0n) is 13.3. The molecule has 2 aromatic rings. The van der Waals surface area contributed by atoms with Gasteiger partial charge in [-0.25, -0.2) is 4.68 Å². The molecule has 1 aromatic carbocycles. The van der Waals surface area contributed by atoms with Crippen LogP contribution in [0.25, 0.3) is 0 Å². The van der Waals surface area contributed by atoms with E-state index < -0.39 is 11.5 Å². The number of aromatic nitrogens is 2. The summed E-state index contributed by atoms with van der Waals surface area (Å²) < 4.78 is 6.05. The van der Waals surface area contributed by atoms with E-state index in [9.17, 15) is 14.4 Å². The zero-order chi connectivity index (χ0) is 18.6. The first kappa shape index (κ1) is 18.8. The van der Waals surface area contributed by atoms with Gasteiger partial charge in [-0.05, 0) is 18.2 Å². The molecule has 0 bridgehead atoms. The summed E-state index contributed by atoms with van der Waals surface area (Å²) >= 11 is 11.4. The molecule has 0 aliphatic rings. The molecule has 0 radical (unpaired) electrons. The van der Waals surface area contributed by atoms with E-state index in [2.05, 4.69) is 15.7 Å². The van der Waals surface area contributed by atoms with E-state index in [0.29, 0.717) is 17.1 Å². The normalized spacial score (nSPS) is 10.2. The molecule has 1 aromatic heterocycles. The molecule has 0 saturated carbocycles. The Morgan fingerprint density at radius 3 is 2.64 bits per heavy atom. The highest BCUT2D eigenvalue weighted by molar-refractivity contribution is 6.41. The first-order valence-corrected chi connectivity index (χ1v) is 7.74. The molecule has 1 heterocycles. The number of anilines is 2. The predicted octanol–water partition coefficient (Wildman–Crippen LogP) is 2.16. The minimum absolute atomic E-state index is 0.00741. The summed E-state index contributed by atoms with van der Waals surface area (Å²) in [4.78, 5) is 35.2. The number of ether oxygens (including phenoxy) is 1. The first-order chi connectivity index (χ1) is 11.8. The summed E-state index contributed by atoms with van der Waals surface area (Å²) in [5.74, 6) is -0.405. The molecule has 0 saturated heterocycles. The van der Waals surface area contributed by atoms with Crippen LogP contribution in [0.1, 0.15) is 6.92 Å². The van der Waals surface area contributed by atoms with E-state index >= 15 is 0 Å². The second kappa shape index (κ2) is 8.00. The van der Waals surface area contributed by atoms with E-state index in [1.165, 1.54) is 26.3 Å². The minimum atomic E-state index is -0.678. The number of halogens is 2. The highest BCUT2D eigenvalue weighted by atomic mass is 35.5. The van der Waals surface area contributed by atoms with Crippen molar-refractivity contribution in [3.63, 3.8) is 0 Å².